The lowest BCUT2D eigenvalue weighted by Crippen LogP contribution is -2.41. The number of methoxy groups -OCH3 is 1. The summed E-state index contributed by atoms with van der Waals surface area (Å²) in [4.78, 5) is 2.10. The van der Waals surface area contributed by atoms with Crippen molar-refractivity contribution < 1.29 is 13.2 Å². The number of hydrogen-bond donors (Lipinski definition) is 1. The highest BCUT2D eigenvalue weighted by atomic mass is 35.5. The van der Waals surface area contributed by atoms with E-state index in [1.54, 1.807) is 7.11 Å². The fourth-order valence-corrected chi connectivity index (χ4v) is 3.80. The van der Waals surface area contributed by atoms with Crippen molar-refractivity contribution in [2.24, 2.45) is 0 Å². The van der Waals surface area contributed by atoms with Crippen molar-refractivity contribution in [1.29, 1.82) is 0 Å². The SMILES string of the molecule is COCCNCc1c(Cl)cccc1N1CCS(=O)(=O)CC1. The molecule has 0 amide bonds. The van der Waals surface area contributed by atoms with Gasteiger partial charge in [-0.1, -0.05) is 17.7 Å². The van der Waals surface area contributed by atoms with Crippen molar-refractivity contribution in [3.8, 4) is 0 Å². The van der Waals surface area contributed by atoms with E-state index in [0.717, 1.165) is 17.8 Å². The monoisotopic (exact) mass is 332 g/mol. The molecule has 0 bridgehead atoms. The minimum atomic E-state index is -2.88. The molecule has 0 aliphatic carbocycles. The molecule has 1 N–H and O–H groups in total. The third-order valence-corrected chi connectivity index (χ3v) is 5.53. The van der Waals surface area contributed by atoms with Gasteiger partial charge in [0.15, 0.2) is 9.84 Å². The van der Waals surface area contributed by atoms with Crippen LogP contribution < -0.4 is 10.2 Å². The molecule has 21 heavy (non-hydrogen) atoms. The Hall–Kier alpha value is -0.820. The number of anilines is 1. The Morgan fingerprint density at radius 2 is 2.05 bits per heavy atom. The highest BCUT2D eigenvalue weighted by molar-refractivity contribution is 7.91. The molecule has 0 unspecified atom stereocenters. The lowest BCUT2D eigenvalue weighted by atomic mass is 10.1. The molecule has 0 aromatic heterocycles. The molecule has 118 valence electrons. The first kappa shape index (κ1) is 16.5. The van der Waals surface area contributed by atoms with Crippen LogP contribution in [-0.4, -0.2) is 53.3 Å². The van der Waals surface area contributed by atoms with E-state index in [4.69, 9.17) is 16.3 Å². The summed E-state index contributed by atoms with van der Waals surface area (Å²) in [5.41, 5.74) is 2.02. The van der Waals surface area contributed by atoms with E-state index < -0.39 is 9.84 Å². The predicted octanol–water partition coefficient (Wildman–Crippen LogP) is 1.31. The van der Waals surface area contributed by atoms with Crippen molar-refractivity contribution in [2.75, 3.05) is 49.8 Å². The van der Waals surface area contributed by atoms with Crippen molar-refractivity contribution in [2.45, 2.75) is 6.54 Å². The molecule has 0 radical (unpaired) electrons. The Morgan fingerprint density at radius 3 is 2.71 bits per heavy atom. The molecule has 0 spiro atoms. The number of sulfone groups is 1. The van der Waals surface area contributed by atoms with Crippen LogP contribution in [-0.2, 0) is 21.1 Å². The summed E-state index contributed by atoms with van der Waals surface area (Å²) >= 11 is 6.30. The third kappa shape index (κ3) is 4.57. The second-order valence-corrected chi connectivity index (χ2v) is 7.76. The van der Waals surface area contributed by atoms with Crippen LogP contribution in [0.15, 0.2) is 18.2 Å². The molecular weight excluding hydrogens is 312 g/mol. The van der Waals surface area contributed by atoms with Gasteiger partial charge in [0.25, 0.3) is 0 Å². The lowest BCUT2D eigenvalue weighted by molar-refractivity contribution is 0.199. The van der Waals surface area contributed by atoms with Gasteiger partial charge in [-0.2, -0.15) is 0 Å². The van der Waals surface area contributed by atoms with Gasteiger partial charge in [0, 0.05) is 49.6 Å². The molecule has 2 rings (SSSR count). The van der Waals surface area contributed by atoms with Crippen LogP contribution >= 0.6 is 11.6 Å². The molecule has 0 atom stereocenters. The summed E-state index contributed by atoms with van der Waals surface area (Å²) in [5.74, 6) is 0.409. The fourth-order valence-electron chi connectivity index (χ4n) is 2.36. The molecule has 1 fully saturated rings. The highest BCUT2D eigenvalue weighted by Gasteiger charge is 2.23. The smallest absolute Gasteiger partial charge is 0.153 e. The summed E-state index contributed by atoms with van der Waals surface area (Å²) < 4.78 is 28.1. The Labute approximate surface area is 131 Å². The van der Waals surface area contributed by atoms with Crippen molar-refractivity contribution in [3.05, 3.63) is 28.8 Å². The molecule has 0 saturated carbocycles. The first-order chi connectivity index (χ1) is 10.0. The average Bonchev–Trinajstić information content (AvgIpc) is 2.45. The van der Waals surface area contributed by atoms with E-state index in [9.17, 15) is 8.42 Å². The van der Waals surface area contributed by atoms with Crippen LogP contribution in [0.3, 0.4) is 0 Å². The van der Waals surface area contributed by atoms with Gasteiger partial charge in [0.2, 0.25) is 0 Å². The summed E-state index contributed by atoms with van der Waals surface area (Å²) in [5, 5.41) is 3.98. The second kappa shape index (κ2) is 7.45. The van der Waals surface area contributed by atoms with Crippen molar-refractivity contribution >= 4 is 27.1 Å². The van der Waals surface area contributed by atoms with Gasteiger partial charge in [0.05, 0.1) is 18.1 Å². The molecule has 1 aromatic rings. The maximum Gasteiger partial charge on any atom is 0.153 e. The van der Waals surface area contributed by atoms with E-state index in [0.29, 0.717) is 31.3 Å². The molecule has 1 saturated heterocycles. The molecule has 1 aromatic carbocycles. The number of nitrogens with one attached hydrogen (secondary N) is 1. The van der Waals surface area contributed by atoms with Gasteiger partial charge in [-0.25, -0.2) is 8.42 Å². The van der Waals surface area contributed by atoms with E-state index in [1.165, 1.54) is 0 Å². The van der Waals surface area contributed by atoms with Gasteiger partial charge in [-0.05, 0) is 12.1 Å². The van der Waals surface area contributed by atoms with E-state index in [-0.39, 0.29) is 11.5 Å². The minimum absolute atomic E-state index is 0.204. The fraction of sp³-hybridized carbons (Fsp3) is 0.571. The molecule has 1 heterocycles. The van der Waals surface area contributed by atoms with Crippen molar-refractivity contribution in [1.82, 2.24) is 5.32 Å². The number of nitrogens with zero attached hydrogens (tertiary/aromatic N) is 1. The number of halogens is 1. The summed E-state index contributed by atoms with van der Waals surface area (Å²) in [7, 11) is -1.21. The summed E-state index contributed by atoms with van der Waals surface area (Å²) in [6, 6.07) is 5.76. The maximum atomic E-state index is 11.5. The lowest BCUT2D eigenvalue weighted by Gasteiger charge is -2.31. The van der Waals surface area contributed by atoms with Gasteiger partial charge in [0.1, 0.15) is 0 Å². The summed E-state index contributed by atoms with van der Waals surface area (Å²) in [6.45, 7) is 3.07. The van der Waals surface area contributed by atoms with E-state index >= 15 is 0 Å². The number of ether oxygens (including phenoxy) is 1. The Kier molecular flexibility index (Phi) is 5.87. The van der Waals surface area contributed by atoms with Crippen LogP contribution in [0, 0.1) is 0 Å². The van der Waals surface area contributed by atoms with Gasteiger partial charge in [-0.15, -0.1) is 0 Å². The third-order valence-electron chi connectivity index (χ3n) is 3.56. The average molecular weight is 333 g/mol. The molecule has 1 aliphatic rings. The molecule has 5 nitrogen and oxygen atoms in total. The van der Waals surface area contributed by atoms with E-state index in [2.05, 4.69) is 10.2 Å². The van der Waals surface area contributed by atoms with Crippen LogP contribution in [0.25, 0.3) is 0 Å². The first-order valence-corrected chi connectivity index (χ1v) is 9.16. The van der Waals surface area contributed by atoms with Crippen molar-refractivity contribution in [3.63, 3.8) is 0 Å². The minimum Gasteiger partial charge on any atom is -0.383 e. The Morgan fingerprint density at radius 1 is 1.33 bits per heavy atom. The first-order valence-electron chi connectivity index (χ1n) is 6.96. The predicted molar refractivity (Wildman–Crippen MR) is 85.9 cm³/mol. The van der Waals surface area contributed by atoms with Crippen LogP contribution in [0.4, 0.5) is 5.69 Å². The maximum absolute atomic E-state index is 11.5. The van der Waals surface area contributed by atoms with E-state index in [1.807, 2.05) is 18.2 Å². The van der Waals surface area contributed by atoms with Crippen LogP contribution in [0.5, 0.6) is 0 Å². The number of benzene rings is 1. The molecule has 1 aliphatic heterocycles. The topological polar surface area (TPSA) is 58.6 Å². The zero-order valence-electron chi connectivity index (χ0n) is 12.1. The molecule has 7 heteroatoms. The second-order valence-electron chi connectivity index (χ2n) is 5.05. The van der Waals surface area contributed by atoms with Gasteiger partial charge < -0.3 is 15.0 Å². The number of hydrogen-bond acceptors (Lipinski definition) is 5. The zero-order chi connectivity index (χ0) is 15.3. The Bertz CT molecular complexity index is 564. The van der Waals surface area contributed by atoms with Crippen LogP contribution in [0.1, 0.15) is 5.56 Å². The largest absolute Gasteiger partial charge is 0.383 e. The van der Waals surface area contributed by atoms with Crippen LogP contribution in [0.2, 0.25) is 5.02 Å². The quantitative estimate of drug-likeness (QED) is 0.796. The number of rotatable bonds is 6. The van der Waals surface area contributed by atoms with Gasteiger partial charge >= 0.3 is 0 Å². The van der Waals surface area contributed by atoms with Gasteiger partial charge in [-0.3, -0.25) is 0 Å². The Balaban J connectivity index is 2.10. The highest BCUT2D eigenvalue weighted by Crippen LogP contribution is 2.28. The zero-order valence-corrected chi connectivity index (χ0v) is 13.7. The molecular formula is C14H21ClN2O3S. The normalized spacial score (nSPS) is 17.9. The standard InChI is InChI=1S/C14H21ClN2O3S/c1-20-8-5-16-11-12-13(15)3-2-4-14(12)17-6-9-21(18,19)10-7-17/h2-4,16H,5-11H2,1H3. The summed E-state index contributed by atoms with van der Waals surface area (Å²) in [6.07, 6.45) is 0.